The molecule has 2 fully saturated rings. The number of rotatable bonds is 7. The number of aromatic nitrogens is 3. The molecule has 6 rings (SSSR count). The van der Waals surface area contributed by atoms with Crippen molar-refractivity contribution in [3.05, 3.63) is 60.4 Å². The third-order valence-electron chi connectivity index (χ3n) is 8.45. The molecular formula is C31H34N4O5. The lowest BCUT2D eigenvalue weighted by molar-refractivity contribution is -0.144. The van der Waals surface area contributed by atoms with Crippen LogP contribution in [0.2, 0.25) is 0 Å². The van der Waals surface area contributed by atoms with E-state index in [1.54, 1.807) is 12.1 Å². The van der Waals surface area contributed by atoms with Crippen LogP contribution in [0.15, 0.2) is 59.1 Å². The van der Waals surface area contributed by atoms with E-state index in [2.05, 4.69) is 20.3 Å². The maximum Gasteiger partial charge on any atom is 0.316 e. The Morgan fingerprint density at radius 1 is 1.07 bits per heavy atom. The number of ether oxygens (including phenoxy) is 2. The molecular weight excluding hydrogens is 508 g/mol. The van der Waals surface area contributed by atoms with Gasteiger partial charge in [0.25, 0.3) is 0 Å². The van der Waals surface area contributed by atoms with E-state index in [4.69, 9.17) is 14.0 Å². The Bertz CT molecular complexity index is 1520. The molecule has 1 aliphatic heterocycles. The van der Waals surface area contributed by atoms with Gasteiger partial charge in [-0.3, -0.25) is 4.79 Å². The smallest absolute Gasteiger partial charge is 0.316 e. The minimum atomic E-state index is -0.453. The summed E-state index contributed by atoms with van der Waals surface area (Å²) in [6, 6.07) is 16.8. The molecule has 4 aromatic rings. The van der Waals surface area contributed by atoms with Crippen LogP contribution < -0.4 is 9.64 Å². The van der Waals surface area contributed by atoms with Crippen LogP contribution in [-0.4, -0.2) is 52.7 Å². The molecule has 1 unspecified atom stereocenters. The van der Waals surface area contributed by atoms with Crippen molar-refractivity contribution in [2.24, 2.45) is 11.3 Å². The number of hydrogen-bond acceptors (Lipinski definition) is 9. The molecule has 1 saturated heterocycles. The molecule has 1 aliphatic carbocycles. The molecule has 1 N–H and O–H groups in total. The molecule has 3 heterocycles. The number of aromatic hydroxyl groups is 1. The fraction of sp³-hybridized carbons (Fsp3) is 0.419. The van der Waals surface area contributed by atoms with Gasteiger partial charge in [0.05, 0.1) is 24.4 Å². The summed E-state index contributed by atoms with van der Waals surface area (Å²) in [7, 11) is 1.40. The molecule has 0 radical (unpaired) electrons. The van der Waals surface area contributed by atoms with Gasteiger partial charge in [-0.25, -0.2) is 0 Å². The van der Waals surface area contributed by atoms with Crippen LogP contribution in [0.3, 0.4) is 0 Å². The zero-order valence-corrected chi connectivity index (χ0v) is 23.0. The number of carbonyl (C=O) groups is 1. The summed E-state index contributed by atoms with van der Waals surface area (Å²) in [6.45, 7) is 5.74. The molecule has 2 aliphatic rings. The lowest BCUT2D eigenvalue weighted by Crippen LogP contribution is -2.51. The summed E-state index contributed by atoms with van der Waals surface area (Å²) >= 11 is 0. The number of esters is 1. The van der Waals surface area contributed by atoms with Crippen LogP contribution in [0.4, 0.5) is 5.82 Å². The Hall–Kier alpha value is -4.14. The molecule has 1 saturated carbocycles. The summed E-state index contributed by atoms with van der Waals surface area (Å²) < 4.78 is 16.9. The van der Waals surface area contributed by atoms with Crippen LogP contribution in [-0.2, 0) is 9.53 Å². The normalized spacial score (nSPS) is 17.6. The van der Waals surface area contributed by atoms with Gasteiger partial charge in [0.2, 0.25) is 0 Å². The molecule has 1 atom stereocenters. The lowest BCUT2D eigenvalue weighted by atomic mass is 9.61. The standard InChI is InChI=1S/C31H34N4O5/c1-19(2)29(30(37)38-3)27-16-28(34-40-27)35-12-10-31(11-13-35)17-22(18-31)39-21-8-9-24-20(14-21)15-25(33-32-24)23-6-4-5-7-26(23)36/h4-9,14-16,19,22,29,36H,10-13,17-18H2,1-3H3. The average molecular weight is 543 g/mol. The van der Waals surface area contributed by atoms with E-state index in [-0.39, 0.29) is 23.7 Å². The first-order chi connectivity index (χ1) is 19.3. The highest BCUT2D eigenvalue weighted by molar-refractivity contribution is 5.84. The van der Waals surface area contributed by atoms with Gasteiger partial charge in [0.1, 0.15) is 17.4 Å². The molecule has 208 valence electrons. The molecule has 2 aromatic carbocycles. The SMILES string of the molecule is COC(=O)C(c1cc(N2CCC3(CC2)CC(Oc2ccc4nnc(-c5ccccc5O)cc4c2)C3)no1)C(C)C. The van der Waals surface area contributed by atoms with Crippen molar-refractivity contribution in [3.8, 4) is 22.8 Å². The minimum Gasteiger partial charge on any atom is -0.507 e. The van der Waals surface area contributed by atoms with Crippen molar-refractivity contribution in [2.75, 3.05) is 25.1 Å². The van der Waals surface area contributed by atoms with E-state index in [0.717, 1.165) is 61.2 Å². The second-order valence-corrected chi connectivity index (χ2v) is 11.4. The Morgan fingerprint density at radius 2 is 1.85 bits per heavy atom. The number of carbonyl (C=O) groups excluding carboxylic acids is 1. The Morgan fingerprint density at radius 3 is 2.58 bits per heavy atom. The van der Waals surface area contributed by atoms with E-state index in [0.29, 0.717) is 22.4 Å². The summed E-state index contributed by atoms with van der Waals surface area (Å²) in [6.07, 6.45) is 4.37. The Kier molecular flexibility index (Phi) is 6.82. The predicted octanol–water partition coefficient (Wildman–Crippen LogP) is 5.73. The zero-order chi connectivity index (χ0) is 27.9. The number of methoxy groups -OCH3 is 1. The predicted molar refractivity (Wildman–Crippen MR) is 150 cm³/mol. The van der Waals surface area contributed by atoms with Crippen LogP contribution in [0, 0.1) is 11.3 Å². The number of piperidine rings is 1. The summed E-state index contributed by atoms with van der Waals surface area (Å²) in [5.41, 5.74) is 2.36. The monoisotopic (exact) mass is 542 g/mol. The van der Waals surface area contributed by atoms with Crippen molar-refractivity contribution >= 4 is 22.7 Å². The third-order valence-corrected chi connectivity index (χ3v) is 8.45. The maximum atomic E-state index is 12.2. The fourth-order valence-electron chi connectivity index (χ4n) is 6.14. The van der Waals surface area contributed by atoms with E-state index < -0.39 is 5.92 Å². The van der Waals surface area contributed by atoms with Gasteiger partial charge in [0, 0.05) is 30.1 Å². The number of benzene rings is 2. The lowest BCUT2D eigenvalue weighted by Gasteiger charge is -2.51. The van der Waals surface area contributed by atoms with Gasteiger partial charge < -0.3 is 24.0 Å². The molecule has 40 heavy (non-hydrogen) atoms. The summed E-state index contributed by atoms with van der Waals surface area (Å²) in [5.74, 6) is 1.65. The highest BCUT2D eigenvalue weighted by Crippen LogP contribution is 2.51. The third kappa shape index (κ3) is 4.96. The quantitative estimate of drug-likeness (QED) is 0.293. The largest absolute Gasteiger partial charge is 0.507 e. The number of hydrogen-bond donors (Lipinski definition) is 1. The van der Waals surface area contributed by atoms with Gasteiger partial charge >= 0.3 is 5.97 Å². The van der Waals surface area contributed by atoms with Crippen LogP contribution in [0.1, 0.15) is 51.2 Å². The van der Waals surface area contributed by atoms with Crippen LogP contribution in [0.5, 0.6) is 11.5 Å². The number of fused-ring (bicyclic) bond motifs is 1. The van der Waals surface area contributed by atoms with Crippen molar-refractivity contribution in [2.45, 2.75) is 51.6 Å². The van der Waals surface area contributed by atoms with Crippen molar-refractivity contribution in [3.63, 3.8) is 0 Å². The fourth-order valence-corrected chi connectivity index (χ4v) is 6.14. The van der Waals surface area contributed by atoms with Gasteiger partial charge in [-0.05, 0) is 73.4 Å². The number of para-hydroxylation sites is 1. The average Bonchev–Trinajstić information content (AvgIpc) is 3.41. The van der Waals surface area contributed by atoms with Gasteiger partial charge in [0.15, 0.2) is 11.6 Å². The highest BCUT2D eigenvalue weighted by atomic mass is 16.5. The van der Waals surface area contributed by atoms with Gasteiger partial charge in [-0.15, -0.1) is 10.2 Å². The second-order valence-electron chi connectivity index (χ2n) is 11.4. The Labute approximate surface area is 233 Å². The molecule has 1 spiro atoms. The first-order valence-electron chi connectivity index (χ1n) is 13.9. The molecule has 9 heteroatoms. The number of nitrogens with zero attached hydrogens (tertiary/aromatic N) is 4. The molecule has 0 amide bonds. The van der Waals surface area contributed by atoms with E-state index in [1.165, 1.54) is 7.11 Å². The summed E-state index contributed by atoms with van der Waals surface area (Å²) in [5, 5.41) is 24.0. The maximum absolute atomic E-state index is 12.2. The van der Waals surface area contributed by atoms with Crippen molar-refractivity contribution in [1.29, 1.82) is 0 Å². The topological polar surface area (TPSA) is 111 Å². The van der Waals surface area contributed by atoms with Gasteiger partial charge in [-0.1, -0.05) is 31.1 Å². The van der Waals surface area contributed by atoms with E-state index in [9.17, 15) is 9.90 Å². The number of anilines is 1. The first-order valence-corrected chi connectivity index (χ1v) is 13.9. The van der Waals surface area contributed by atoms with Crippen LogP contribution in [0.25, 0.3) is 22.2 Å². The number of phenols is 1. The number of phenolic OH excluding ortho intramolecular Hbond substituents is 1. The highest BCUT2D eigenvalue weighted by Gasteiger charge is 2.47. The summed E-state index contributed by atoms with van der Waals surface area (Å²) in [4.78, 5) is 14.5. The van der Waals surface area contributed by atoms with E-state index >= 15 is 0 Å². The molecule has 2 aromatic heterocycles. The minimum absolute atomic E-state index is 0.0552. The van der Waals surface area contributed by atoms with Crippen LogP contribution >= 0.6 is 0 Å². The Balaban J connectivity index is 1.06. The zero-order valence-electron chi connectivity index (χ0n) is 23.0. The van der Waals surface area contributed by atoms with Crippen molar-refractivity contribution in [1.82, 2.24) is 15.4 Å². The molecule has 9 nitrogen and oxygen atoms in total. The van der Waals surface area contributed by atoms with Gasteiger partial charge in [-0.2, -0.15) is 0 Å². The van der Waals surface area contributed by atoms with E-state index in [1.807, 2.05) is 56.3 Å². The van der Waals surface area contributed by atoms with Crippen molar-refractivity contribution < 1.29 is 23.9 Å². The first kappa shape index (κ1) is 26.1. The molecule has 0 bridgehead atoms. The second kappa shape index (κ2) is 10.4.